The van der Waals surface area contributed by atoms with E-state index in [1.807, 2.05) is 18.2 Å². The summed E-state index contributed by atoms with van der Waals surface area (Å²) in [6.45, 7) is 4.67. The van der Waals surface area contributed by atoms with Crippen molar-refractivity contribution < 1.29 is 9.47 Å². The first-order valence-corrected chi connectivity index (χ1v) is 12.8. The zero-order chi connectivity index (χ0) is 25.2. The fourth-order valence-corrected chi connectivity index (χ4v) is 6.40. The molecule has 37 heavy (non-hydrogen) atoms. The minimum Gasteiger partial charge on any atom is -0.497 e. The van der Waals surface area contributed by atoms with E-state index in [4.69, 9.17) is 9.47 Å². The molecule has 0 saturated heterocycles. The van der Waals surface area contributed by atoms with Gasteiger partial charge in [-0.25, -0.2) is 0 Å². The summed E-state index contributed by atoms with van der Waals surface area (Å²) in [5.74, 6) is 1.77. The Morgan fingerprint density at radius 2 is 1.32 bits per heavy atom. The maximum atomic E-state index is 7.27. The van der Waals surface area contributed by atoms with Crippen molar-refractivity contribution in [3.63, 3.8) is 0 Å². The van der Waals surface area contributed by atoms with E-state index in [2.05, 4.69) is 111 Å². The van der Waals surface area contributed by atoms with Crippen LogP contribution in [0.25, 0.3) is 28.0 Å². The van der Waals surface area contributed by atoms with E-state index in [1.165, 1.54) is 33.2 Å². The number of fused-ring (bicyclic) bond motifs is 8. The molecule has 1 heterocycles. The van der Waals surface area contributed by atoms with Crippen molar-refractivity contribution in [3.8, 4) is 22.6 Å². The standard InChI is InChI=1S/C35H28O2/c1-34(2)30-16-10-9-15-28(30)31-26-13-7-8-14-27(26)33-29(32(31)34)21-22-35(37-33,23-11-5-4-6-12-23)24-17-19-25(36-3)20-18-24/h4-22H,1-3H3. The van der Waals surface area contributed by atoms with Gasteiger partial charge in [0.15, 0.2) is 5.60 Å². The largest absolute Gasteiger partial charge is 0.497 e. The maximum absolute atomic E-state index is 7.27. The summed E-state index contributed by atoms with van der Waals surface area (Å²) in [5.41, 5.74) is 7.80. The van der Waals surface area contributed by atoms with Crippen molar-refractivity contribution in [2.45, 2.75) is 24.9 Å². The van der Waals surface area contributed by atoms with E-state index < -0.39 is 5.60 Å². The molecule has 5 aromatic rings. The van der Waals surface area contributed by atoms with Gasteiger partial charge < -0.3 is 9.47 Å². The van der Waals surface area contributed by atoms with Crippen molar-refractivity contribution in [1.82, 2.24) is 0 Å². The molecule has 0 bridgehead atoms. The predicted octanol–water partition coefficient (Wildman–Crippen LogP) is 8.50. The first-order chi connectivity index (χ1) is 18.0. The molecular weight excluding hydrogens is 452 g/mol. The highest BCUT2D eigenvalue weighted by Gasteiger charge is 2.44. The smallest absolute Gasteiger partial charge is 0.178 e. The molecule has 0 fully saturated rings. The van der Waals surface area contributed by atoms with Crippen LogP contribution in [0.5, 0.6) is 11.5 Å². The van der Waals surface area contributed by atoms with Crippen LogP contribution in [-0.4, -0.2) is 7.11 Å². The highest BCUT2D eigenvalue weighted by molar-refractivity contribution is 6.08. The van der Waals surface area contributed by atoms with Crippen LogP contribution < -0.4 is 9.47 Å². The lowest BCUT2D eigenvalue weighted by Crippen LogP contribution is -2.35. The molecule has 5 aromatic carbocycles. The maximum Gasteiger partial charge on any atom is 0.178 e. The summed E-state index contributed by atoms with van der Waals surface area (Å²) < 4.78 is 12.7. The van der Waals surface area contributed by atoms with Crippen LogP contribution >= 0.6 is 0 Å². The average molecular weight is 481 g/mol. The molecule has 2 nitrogen and oxygen atoms in total. The molecule has 0 radical (unpaired) electrons. The minimum atomic E-state index is -0.757. The molecule has 180 valence electrons. The van der Waals surface area contributed by atoms with E-state index in [1.54, 1.807) is 7.11 Å². The Labute approximate surface area is 217 Å². The molecule has 0 N–H and O–H groups in total. The minimum absolute atomic E-state index is 0.138. The first-order valence-electron chi connectivity index (χ1n) is 12.8. The quantitative estimate of drug-likeness (QED) is 0.258. The Bertz CT molecular complexity index is 1690. The second-order valence-corrected chi connectivity index (χ2v) is 10.5. The van der Waals surface area contributed by atoms with Crippen molar-refractivity contribution in [2.24, 2.45) is 0 Å². The summed E-state index contributed by atoms with van der Waals surface area (Å²) in [4.78, 5) is 0. The molecule has 1 aliphatic carbocycles. The molecule has 1 aliphatic heterocycles. The van der Waals surface area contributed by atoms with Crippen molar-refractivity contribution in [1.29, 1.82) is 0 Å². The second-order valence-electron chi connectivity index (χ2n) is 10.5. The summed E-state index contributed by atoms with van der Waals surface area (Å²) in [7, 11) is 1.70. The van der Waals surface area contributed by atoms with Gasteiger partial charge in [-0.2, -0.15) is 0 Å². The monoisotopic (exact) mass is 480 g/mol. The van der Waals surface area contributed by atoms with Gasteiger partial charge in [-0.15, -0.1) is 0 Å². The number of methoxy groups -OCH3 is 1. The van der Waals surface area contributed by atoms with Crippen LogP contribution in [0.1, 0.15) is 41.7 Å². The van der Waals surface area contributed by atoms with Crippen LogP contribution in [0.4, 0.5) is 0 Å². The third-order valence-electron chi connectivity index (χ3n) is 8.17. The molecule has 0 spiro atoms. The number of benzene rings is 5. The van der Waals surface area contributed by atoms with Crippen molar-refractivity contribution in [2.75, 3.05) is 7.11 Å². The third-order valence-corrected chi connectivity index (χ3v) is 8.17. The molecule has 1 unspecified atom stereocenters. The summed E-state index contributed by atoms with van der Waals surface area (Å²) in [5, 5.41) is 2.38. The van der Waals surface area contributed by atoms with Gasteiger partial charge in [0.25, 0.3) is 0 Å². The van der Waals surface area contributed by atoms with E-state index in [0.29, 0.717) is 0 Å². The van der Waals surface area contributed by atoms with E-state index in [9.17, 15) is 0 Å². The van der Waals surface area contributed by atoms with Crippen LogP contribution in [0, 0.1) is 0 Å². The Morgan fingerprint density at radius 3 is 2.08 bits per heavy atom. The van der Waals surface area contributed by atoms with Gasteiger partial charge in [-0.3, -0.25) is 0 Å². The number of hydrogen-bond acceptors (Lipinski definition) is 2. The van der Waals surface area contributed by atoms with Crippen LogP contribution in [0.2, 0.25) is 0 Å². The van der Waals surface area contributed by atoms with Crippen molar-refractivity contribution >= 4 is 16.8 Å². The number of hydrogen-bond donors (Lipinski definition) is 0. The molecule has 0 saturated carbocycles. The lowest BCUT2D eigenvalue weighted by Gasteiger charge is -2.38. The summed E-state index contributed by atoms with van der Waals surface area (Å²) in [6, 6.07) is 36.3. The Morgan fingerprint density at radius 1 is 0.676 bits per heavy atom. The second kappa shape index (κ2) is 7.85. The zero-order valence-corrected chi connectivity index (χ0v) is 21.3. The highest BCUT2D eigenvalue weighted by Crippen LogP contribution is 2.57. The Kier molecular flexibility index (Phi) is 4.65. The lowest BCUT2D eigenvalue weighted by molar-refractivity contribution is 0.163. The number of ether oxygens (including phenoxy) is 2. The average Bonchev–Trinajstić information content (AvgIpc) is 3.20. The highest BCUT2D eigenvalue weighted by atomic mass is 16.5. The van der Waals surface area contributed by atoms with Crippen LogP contribution in [0.15, 0.2) is 109 Å². The van der Waals surface area contributed by atoms with Gasteiger partial charge in [0.05, 0.1) is 7.11 Å². The summed E-state index contributed by atoms with van der Waals surface area (Å²) >= 11 is 0. The third kappa shape index (κ3) is 2.99. The van der Waals surface area contributed by atoms with Gasteiger partial charge in [0, 0.05) is 27.5 Å². The molecule has 2 heteroatoms. The van der Waals surface area contributed by atoms with Gasteiger partial charge in [-0.1, -0.05) is 111 Å². The molecule has 7 rings (SSSR count). The molecule has 1 atom stereocenters. The van der Waals surface area contributed by atoms with E-state index in [0.717, 1.165) is 28.0 Å². The van der Waals surface area contributed by atoms with Crippen molar-refractivity contribution in [3.05, 3.63) is 137 Å². The van der Waals surface area contributed by atoms with E-state index in [-0.39, 0.29) is 5.41 Å². The summed E-state index contributed by atoms with van der Waals surface area (Å²) in [6.07, 6.45) is 4.54. The molecule has 2 aliphatic rings. The molecule has 0 aromatic heterocycles. The van der Waals surface area contributed by atoms with Gasteiger partial charge >= 0.3 is 0 Å². The van der Waals surface area contributed by atoms with E-state index >= 15 is 0 Å². The Balaban J connectivity index is 1.54. The molecular formula is C35H28O2. The van der Waals surface area contributed by atoms with Crippen LogP contribution in [0.3, 0.4) is 0 Å². The SMILES string of the molecule is COc1ccc(C2(c3ccccc3)C=Cc3c4c(c5ccccc5c3O2)-c2ccccc2C4(C)C)cc1. The van der Waals surface area contributed by atoms with Gasteiger partial charge in [0.1, 0.15) is 11.5 Å². The zero-order valence-electron chi connectivity index (χ0n) is 21.3. The fourth-order valence-electron chi connectivity index (χ4n) is 6.40. The normalized spacial score (nSPS) is 18.6. The molecule has 0 amide bonds. The Hall–Kier alpha value is -4.30. The van der Waals surface area contributed by atoms with Crippen LogP contribution in [-0.2, 0) is 11.0 Å². The predicted molar refractivity (Wildman–Crippen MR) is 151 cm³/mol. The first kappa shape index (κ1) is 21.9. The number of rotatable bonds is 3. The lowest BCUT2D eigenvalue weighted by atomic mass is 9.77. The topological polar surface area (TPSA) is 18.5 Å². The fraction of sp³-hybridized carbons (Fsp3) is 0.143. The van der Waals surface area contributed by atoms with Gasteiger partial charge in [-0.05, 0) is 45.8 Å². The van der Waals surface area contributed by atoms with Gasteiger partial charge in [0.2, 0.25) is 0 Å².